The zero-order valence-electron chi connectivity index (χ0n) is 12.4. The van der Waals surface area contributed by atoms with E-state index in [1.165, 1.54) is 5.56 Å². The summed E-state index contributed by atoms with van der Waals surface area (Å²) in [5.41, 5.74) is 7.58. The molecule has 0 radical (unpaired) electrons. The third-order valence-corrected chi connectivity index (χ3v) is 4.56. The van der Waals surface area contributed by atoms with Crippen LogP contribution in [0.4, 0.5) is 0 Å². The van der Waals surface area contributed by atoms with E-state index in [0.29, 0.717) is 12.6 Å². The summed E-state index contributed by atoms with van der Waals surface area (Å²) in [5.74, 6) is 0.927. The Bertz CT molecular complexity index is 409. The number of piperidine rings is 1. The molecule has 1 aromatic rings. The van der Waals surface area contributed by atoms with Crippen molar-refractivity contribution in [3.63, 3.8) is 0 Å². The van der Waals surface area contributed by atoms with Gasteiger partial charge in [-0.15, -0.1) is 0 Å². The molecule has 1 aliphatic rings. The van der Waals surface area contributed by atoms with Crippen LogP contribution in [0.1, 0.15) is 32.3 Å². The van der Waals surface area contributed by atoms with Gasteiger partial charge in [-0.3, -0.25) is 0 Å². The standard InChI is InChI=1S/C16H26N2O/c1-13(2)18-9-7-16(12-17,8-10-18)14-5-4-6-15(11-14)19-3/h4-6,11,13H,7-10,12,17H2,1-3H3. The molecule has 0 aliphatic carbocycles. The minimum Gasteiger partial charge on any atom is -0.497 e. The molecule has 1 heterocycles. The number of nitrogens with zero attached hydrogens (tertiary/aromatic N) is 1. The summed E-state index contributed by atoms with van der Waals surface area (Å²) >= 11 is 0. The van der Waals surface area contributed by atoms with E-state index < -0.39 is 0 Å². The molecule has 2 rings (SSSR count). The SMILES string of the molecule is COc1cccc(C2(CN)CCN(C(C)C)CC2)c1. The van der Waals surface area contributed by atoms with Gasteiger partial charge in [-0.25, -0.2) is 0 Å². The zero-order valence-corrected chi connectivity index (χ0v) is 12.4. The van der Waals surface area contributed by atoms with E-state index in [9.17, 15) is 0 Å². The van der Waals surface area contributed by atoms with E-state index >= 15 is 0 Å². The third-order valence-electron chi connectivity index (χ3n) is 4.56. The molecule has 19 heavy (non-hydrogen) atoms. The minimum atomic E-state index is 0.125. The summed E-state index contributed by atoms with van der Waals surface area (Å²) in [6.45, 7) is 7.51. The number of methoxy groups -OCH3 is 1. The lowest BCUT2D eigenvalue weighted by atomic mass is 9.72. The summed E-state index contributed by atoms with van der Waals surface area (Å²) in [4.78, 5) is 2.54. The van der Waals surface area contributed by atoms with Crippen LogP contribution in [0, 0.1) is 0 Å². The first-order valence-electron chi connectivity index (χ1n) is 7.20. The second kappa shape index (κ2) is 5.93. The lowest BCUT2D eigenvalue weighted by Gasteiger charge is -2.43. The lowest BCUT2D eigenvalue weighted by molar-refractivity contribution is 0.132. The molecule has 0 spiro atoms. The highest BCUT2D eigenvalue weighted by molar-refractivity contribution is 5.35. The molecular weight excluding hydrogens is 236 g/mol. The molecule has 3 nitrogen and oxygen atoms in total. The monoisotopic (exact) mass is 262 g/mol. The van der Waals surface area contributed by atoms with E-state index in [1.807, 2.05) is 6.07 Å². The molecule has 0 amide bonds. The number of benzene rings is 1. The third kappa shape index (κ3) is 2.93. The first-order valence-corrected chi connectivity index (χ1v) is 7.20. The summed E-state index contributed by atoms with van der Waals surface area (Å²) in [6.07, 6.45) is 2.27. The van der Waals surface area contributed by atoms with Gasteiger partial charge >= 0.3 is 0 Å². The van der Waals surface area contributed by atoms with Crippen molar-refractivity contribution in [1.82, 2.24) is 4.90 Å². The first-order chi connectivity index (χ1) is 9.11. The number of likely N-dealkylation sites (tertiary alicyclic amines) is 1. The van der Waals surface area contributed by atoms with Crippen LogP contribution in [0.25, 0.3) is 0 Å². The summed E-state index contributed by atoms with van der Waals surface area (Å²) in [5, 5.41) is 0. The maximum atomic E-state index is 6.12. The quantitative estimate of drug-likeness (QED) is 0.905. The molecule has 0 atom stereocenters. The molecule has 0 bridgehead atoms. The van der Waals surface area contributed by atoms with Crippen LogP contribution in [-0.2, 0) is 5.41 Å². The van der Waals surface area contributed by atoms with Gasteiger partial charge in [0.2, 0.25) is 0 Å². The van der Waals surface area contributed by atoms with Crippen molar-refractivity contribution in [3.05, 3.63) is 29.8 Å². The molecule has 2 N–H and O–H groups in total. The van der Waals surface area contributed by atoms with Gasteiger partial charge in [0.1, 0.15) is 5.75 Å². The van der Waals surface area contributed by atoms with Gasteiger partial charge in [-0.2, -0.15) is 0 Å². The van der Waals surface area contributed by atoms with E-state index in [-0.39, 0.29) is 5.41 Å². The normalized spacial score (nSPS) is 19.6. The molecule has 0 aromatic heterocycles. The largest absolute Gasteiger partial charge is 0.497 e. The van der Waals surface area contributed by atoms with E-state index in [4.69, 9.17) is 10.5 Å². The molecule has 3 heteroatoms. The Morgan fingerprint density at radius 3 is 2.53 bits per heavy atom. The van der Waals surface area contributed by atoms with Gasteiger partial charge < -0.3 is 15.4 Å². The van der Waals surface area contributed by atoms with Crippen molar-refractivity contribution >= 4 is 0 Å². The minimum absolute atomic E-state index is 0.125. The molecule has 106 valence electrons. The van der Waals surface area contributed by atoms with Gasteiger partial charge in [0.05, 0.1) is 7.11 Å². The summed E-state index contributed by atoms with van der Waals surface area (Å²) in [7, 11) is 1.72. The Morgan fingerprint density at radius 1 is 1.32 bits per heavy atom. The molecule has 1 fully saturated rings. The average Bonchev–Trinajstić information content (AvgIpc) is 2.47. The molecule has 1 aliphatic heterocycles. The molecular formula is C16H26N2O. The Balaban J connectivity index is 2.19. The zero-order chi connectivity index (χ0) is 13.9. The van der Waals surface area contributed by atoms with E-state index in [0.717, 1.165) is 31.7 Å². The van der Waals surface area contributed by atoms with Crippen LogP contribution in [-0.4, -0.2) is 37.7 Å². The van der Waals surface area contributed by atoms with E-state index in [2.05, 4.69) is 36.9 Å². The lowest BCUT2D eigenvalue weighted by Crippen LogP contribution is -2.48. The van der Waals surface area contributed by atoms with Crippen molar-refractivity contribution in [2.24, 2.45) is 5.73 Å². The highest BCUT2D eigenvalue weighted by Crippen LogP contribution is 2.36. The van der Waals surface area contributed by atoms with Crippen molar-refractivity contribution < 1.29 is 4.74 Å². The van der Waals surface area contributed by atoms with Crippen LogP contribution in [0.3, 0.4) is 0 Å². The Kier molecular flexibility index (Phi) is 4.48. The van der Waals surface area contributed by atoms with E-state index in [1.54, 1.807) is 7.11 Å². The van der Waals surface area contributed by atoms with Crippen LogP contribution >= 0.6 is 0 Å². The molecule has 0 saturated carbocycles. The average molecular weight is 262 g/mol. The molecule has 0 unspecified atom stereocenters. The van der Waals surface area contributed by atoms with Gasteiger partial charge in [0, 0.05) is 18.0 Å². The fraction of sp³-hybridized carbons (Fsp3) is 0.625. The van der Waals surface area contributed by atoms with Crippen molar-refractivity contribution in [3.8, 4) is 5.75 Å². The maximum absolute atomic E-state index is 6.12. The second-order valence-electron chi connectivity index (χ2n) is 5.85. The molecule has 1 saturated heterocycles. The Morgan fingerprint density at radius 2 is 2.00 bits per heavy atom. The number of hydrogen-bond acceptors (Lipinski definition) is 3. The predicted molar refractivity (Wildman–Crippen MR) is 79.7 cm³/mol. The van der Waals surface area contributed by atoms with Gasteiger partial charge in [-0.1, -0.05) is 12.1 Å². The van der Waals surface area contributed by atoms with Crippen molar-refractivity contribution in [1.29, 1.82) is 0 Å². The van der Waals surface area contributed by atoms with Gasteiger partial charge in [0.15, 0.2) is 0 Å². The predicted octanol–water partition coefficient (Wildman–Crippen LogP) is 2.40. The first kappa shape index (κ1) is 14.4. The highest BCUT2D eigenvalue weighted by Gasteiger charge is 2.35. The van der Waals surface area contributed by atoms with Gasteiger partial charge in [0.25, 0.3) is 0 Å². The highest BCUT2D eigenvalue weighted by atomic mass is 16.5. The van der Waals surface area contributed by atoms with Crippen LogP contribution in [0.15, 0.2) is 24.3 Å². The van der Waals surface area contributed by atoms with Crippen molar-refractivity contribution in [2.75, 3.05) is 26.7 Å². The fourth-order valence-corrected chi connectivity index (χ4v) is 3.03. The topological polar surface area (TPSA) is 38.5 Å². The van der Waals surface area contributed by atoms with Crippen LogP contribution in [0.2, 0.25) is 0 Å². The summed E-state index contributed by atoms with van der Waals surface area (Å²) < 4.78 is 5.34. The maximum Gasteiger partial charge on any atom is 0.119 e. The summed E-state index contributed by atoms with van der Waals surface area (Å²) in [6, 6.07) is 9.04. The number of nitrogens with two attached hydrogens (primary N) is 1. The molecule has 1 aromatic carbocycles. The number of rotatable bonds is 4. The Labute approximate surface area is 116 Å². The fourth-order valence-electron chi connectivity index (χ4n) is 3.03. The smallest absolute Gasteiger partial charge is 0.119 e. The van der Waals surface area contributed by atoms with Gasteiger partial charge in [-0.05, 0) is 57.5 Å². The number of ether oxygens (including phenoxy) is 1. The van der Waals surface area contributed by atoms with Crippen molar-refractivity contribution in [2.45, 2.75) is 38.1 Å². The second-order valence-corrected chi connectivity index (χ2v) is 5.85. The van der Waals surface area contributed by atoms with Crippen LogP contribution in [0.5, 0.6) is 5.75 Å². The number of hydrogen-bond donors (Lipinski definition) is 1. The van der Waals surface area contributed by atoms with Crippen LogP contribution < -0.4 is 10.5 Å². The Hall–Kier alpha value is -1.06.